The Morgan fingerprint density at radius 2 is 2.45 bits per heavy atom. The van der Waals surface area contributed by atoms with Gasteiger partial charge < -0.3 is 5.32 Å². The number of nitrogens with zero attached hydrogens (tertiary/aromatic N) is 2. The highest BCUT2D eigenvalue weighted by Crippen LogP contribution is 2.31. The molecule has 0 radical (unpaired) electrons. The van der Waals surface area contributed by atoms with Crippen molar-refractivity contribution in [2.45, 2.75) is 19.0 Å². The highest BCUT2D eigenvalue weighted by molar-refractivity contribution is 14.1. The van der Waals surface area contributed by atoms with Gasteiger partial charge in [-0.1, -0.05) is 0 Å². The van der Waals surface area contributed by atoms with Crippen molar-refractivity contribution in [3.05, 3.63) is 26.9 Å². The van der Waals surface area contributed by atoms with Gasteiger partial charge in [0.1, 0.15) is 5.69 Å². The fraction of sp³-hybridized carbons (Fsp3) is 0.429. The monoisotopic (exact) mass is 399 g/mol. The SMILES string of the molecule is O=C(NC1CC2CCN1C2)c1cc2c(I)csc2cn1. The summed E-state index contributed by atoms with van der Waals surface area (Å²) >= 11 is 3.97. The van der Waals surface area contributed by atoms with Crippen LogP contribution in [0.3, 0.4) is 0 Å². The van der Waals surface area contributed by atoms with Gasteiger partial charge in [-0.2, -0.15) is 0 Å². The Hall–Kier alpha value is -0.730. The van der Waals surface area contributed by atoms with Crippen molar-refractivity contribution in [3.8, 4) is 0 Å². The topological polar surface area (TPSA) is 45.2 Å². The zero-order valence-electron chi connectivity index (χ0n) is 10.8. The lowest BCUT2D eigenvalue weighted by atomic mass is 10.0. The van der Waals surface area contributed by atoms with Crippen molar-refractivity contribution in [2.24, 2.45) is 5.92 Å². The minimum Gasteiger partial charge on any atom is -0.335 e. The molecule has 2 saturated heterocycles. The summed E-state index contributed by atoms with van der Waals surface area (Å²) < 4.78 is 2.32. The minimum atomic E-state index is -0.0496. The molecule has 1 N–H and O–H groups in total. The lowest BCUT2D eigenvalue weighted by Crippen LogP contribution is -2.45. The molecule has 4 nitrogen and oxygen atoms in total. The Labute approximate surface area is 134 Å². The van der Waals surface area contributed by atoms with Gasteiger partial charge in [0, 0.05) is 33.6 Å². The Morgan fingerprint density at radius 3 is 3.20 bits per heavy atom. The first kappa shape index (κ1) is 13.0. The van der Waals surface area contributed by atoms with Gasteiger partial charge in [0.05, 0.1) is 10.9 Å². The van der Waals surface area contributed by atoms with Crippen LogP contribution in [0.25, 0.3) is 10.1 Å². The zero-order valence-corrected chi connectivity index (χ0v) is 13.8. The third-order valence-electron chi connectivity index (χ3n) is 4.26. The number of pyridine rings is 1. The maximum Gasteiger partial charge on any atom is 0.271 e. The van der Waals surface area contributed by atoms with E-state index in [9.17, 15) is 4.79 Å². The number of amides is 1. The van der Waals surface area contributed by atoms with Crippen molar-refractivity contribution >= 4 is 49.9 Å². The quantitative estimate of drug-likeness (QED) is 0.790. The van der Waals surface area contributed by atoms with Crippen LogP contribution in [0.4, 0.5) is 0 Å². The van der Waals surface area contributed by atoms with Gasteiger partial charge >= 0.3 is 0 Å². The highest BCUT2D eigenvalue weighted by Gasteiger charge is 2.38. The Morgan fingerprint density at radius 1 is 1.55 bits per heavy atom. The molecular weight excluding hydrogens is 385 g/mol. The van der Waals surface area contributed by atoms with Crippen molar-refractivity contribution in [3.63, 3.8) is 0 Å². The number of carbonyl (C=O) groups excluding carboxylic acids is 1. The predicted molar refractivity (Wildman–Crippen MR) is 87.9 cm³/mol. The van der Waals surface area contributed by atoms with E-state index in [1.54, 1.807) is 17.5 Å². The van der Waals surface area contributed by atoms with Crippen molar-refractivity contribution in [1.29, 1.82) is 0 Å². The molecule has 1 amide bonds. The van der Waals surface area contributed by atoms with Crippen LogP contribution in [-0.4, -0.2) is 35.0 Å². The molecule has 2 aliphatic heterocycles. The van der Waals surface area contributed by atoms with Crippen LogP contribution < -0.4 is 5.32 Å². The number of nitrogens with one attached hydrogen (secondary N) is 1. The largest absolute Gasteiger partial charge is 0.335 e. The molecule has 0 aromatic carbocycles. The van der Waals surface area contributed by atoms with Gasteiger partial charge in [0.15, 0.2) is 0 Å². The van der Waals surface area contributed by atoms with E-state index in [1.165, 1.54) is 9.99 Å². The number of carbonyl (C=O) groups is 1. The number of halogens is 1. The van der Waals surface area contributed by atoms with Gasteiger partial charge in [0.25, 0.3) is 5.91 Å². The molecule has 2 fully saturated rings. The standard InChI is InChI=1S/C14H14IN3OS/c15-10-7-20-12-5-16-11(4-9(10)12)14(19)17-13-3-8-1-2-18(13)6-8/h4-5,7-8,13H,1-3,6H2,(H,17,19). The second kappa shape index (κ2) is 4.92. The molecular formula is C14H14IN3OS. The molecule has 6 heteroatoms. The second-order valence-electron chi connectivity index (χ2n) is 5.52. The molecule has 4 heterocycles. The van der Waals surface area contributed by atoms with Crippen LogP contribution in [0, 0.1) is 9.49 Å². The summed E-state index contributed by atoms with van der Waals surface area (Å²) in [4.78, 5) is 19.0. The van der Waals surface area contributed by atoms with E-state index >= 15 is 0 Å². The summed E-state index contributed by atoms with van der Waals surface area (Å²) in [6, 6.07) is 1.91. The molecule has 0 spiro atoms. The molecule has 4 rings (SSSR count). The number of piperidine rings is 1. The molecule has 2 aromatic heterocycles. The van der Waals surface area contributed by atoms with Crippen LogP contribution in [0.1, 0.15) is 23.3 Å². The summed E-state index contributed by atoms with van der Waals surface area (Å²) in [5.74, 6) is 0.722. The van der Waals surface area contributed by atoms with Gasteiger partial charge in [0.2, 0.25) is 0 Å². The summed E-state index contributed by atoms with van der Waals surface area (Å²) in [6.07, 6.45) is 4.38. The average molecular weight is 399 g/mol. The molecule has 2 aliphatic rings. The smallest absolute Gasteiger partial charge is 0.271 e. The molecule has 104 valence electrons. The summed E-state index contributed by atoms with van der Waals surface area (Å²) in [5, 5.41) is 6.35. The number of fused-ring (bicyclic) bond motifs is 3. The normalized spacial score (nSPS) is 28.1. The Bertz CT molecular complexity index is 686. The number of hydrogen-bond acceptors (Lipinski definition) is 4. The van der Waals surface area contributed by atoms with E-state index in [4.69, 9.17) is 0 Å². The highest BCUT2D eigenvalue weighted by atomic mass is 127. The fourth-order valence-electron chi connectivity index (χ4n) is 3.20. The lowest BCUT2D eigenvalue weighted by molar-refractivity contribution is 0.0878. The third kappa shape index (κ3) is 2.14. The number of hydrogen-bond donors (Lipinski definition) is 1. The number of thiophene rings is 1. The third-order valence-corrected chi connectivity index (χ3v) is 6.51. The summed E-state index contributed by atoms with van der Waals surface area (Å²) in [5.41, 5.74) is 0.526. The molecule has 3 unspecified atom stereocenters. The maximum absolute atomic E-state index is 12.4. The molecule has 0 saturated carbocycles. The van der Waals surface area contributed by atoms with Gasteiger partial charge in [-0.25, -0.2) is 4.98 Å². The predicted octanol–water partition coefficient (Wildman–Crippen LogP) is 2.68. The summed E-state index contributed by atoms with van der Waals surface area (Å²) in [7, 11) is 0. The van der Waals surface area contributed by atoms with Gasteiger partial charge in [-0.05, 0) is 47.4 Å². The first-order valence-electron chi connectivity index (χ1n) is 6.78. The zero-order chi connectivity index (χ0) is 13.7. The van der Waals surface area contributed by atoms with Crippen molar-refractivity contribution < 1.29 is 4.79 Å². The second-order valence-corrected chi connectivity index (χ2v) is 7.60. The van der Waals surface area contributed by atoms with Crippen molar-refractivity contribution in [1.82, 2.24) is 15.2 Å². The van der Waals surface area contributed by atoms with E-state index in [2.05, 4.69) is 43.2 Å². The van der Waals surface area contributed by atoms with E-state index in [1.807, 2.05) is 6.07 Å². The van der Waals surface area contributed by atoms with E-state index in [-0.39, 0.29) is 12.1 Å². The molecule has 20 heavy (non-hydrogen) atoms. The van der Waals surface area contributed by atoms with Crippen LogP contribution in [-0.2, 0) is 0 Å². The van der Waals surface area contributed by atoms with Crippen LogP contribution >= 0.6 is 33.9 Å². The number of aromatic nitrogens is 1. The van der Waals surface area contributed by atoms with Gasteiger partial charge in [-0.3, -0.25) is 9.69 Å². The average Bonchev–Trinajstić information content (AvgIpc) is 3.15. The van der Waals surface area contributed by atoms with Crippen LogP contribution in [0.5, 0.6) is 0 Å². The first-order valence-corrected chi connectivity index (χ1v) is 8.74. The van der Waals surface area contributed by atoms with Gasteiger partial charge in [-0.15, -0.1) is 11.3 Å². The maximum atomic E-state index is 12.4. The first-order chi connectivity index (χ1) is 9.70. The Kier molecular flexibility index (Phi) is 3.19. The molecule has 2 bridgehead atoms. The minimum absolute atomic E-state index is 0.0496. The van der Waals surface area contributed by atoms with E-state index < -0.39 is 0 Å². The van der Waals surface area contributed by atoms with Crippen LogP contribution in [0.2, 0.25) is 0 Å². The molecule has 3 atom stereocenters. The van der Waals surface area contributed by atoms with E-state index in [0.29, 0.717) is 5.69 Å². The van der Waals surface area contributed by atoms with Crippen molar-refractivity contribution in [2.75, 3.05) is 13.1 Å². The molecule has 2 aromatic rings. The molecule has 0 aliphatic carbocycles. The lowest BCUT2D eigenvalue weighted by Gasteiger charge is -2.25. The summed E-state index contributed by atoms with van der Waals surface area (Å²) in [6.45, 7) is 2.25. The number of rotatable bonds is 2. The fourth-order valence-corrected chi connectivity index (χ4v) is 4.98. The van der Waals surface area contributed by atoms with Crippen LogP contribution in [0.15, 0.2) is 17.6 Å². The Balaban J connectivity index is 1.56. The van der Waals surface area contributed by atoms with E-state index in [0.717, 1.165) is 35.5 Å².